The molecule has 1 aromatic rings. The summed E-state index contributed by atoms with van der Waals surface area (Å²) >= 11 is 0. The van der Waals surface area contributed by atoms with Crippen LogP contribution >= 0.6 is 0 Å². The van der Waals surface area contributed by atoms with Crippen molar-refractivity contribution >= 4 is 0 Å². The molecule has 1 aromatic carbocycles. The standard InChI is InChI=1S/C23H26O2.C3H8.2C2H6/c1-3-8-18(2)24-22-15-13-19(14-16-22)20-9-7-12-23(17-20)25-21-10-5-4-6-11-21;1-3-2;2*1-2/h3-6,8,10-11,13,15,17,23H,1,7,9,12,14,16H2,2H3;3H2,1-2H3;2*1-2H3/b18-8+;;;. The van der Waals surface area contributed by atoms with E-state index in [1.54, 1.807) is 6.08 Å². The van der Waals surface area contributed by atoms with Crippen molar-refractivity contribution in [2.45, 2.75) is 93.1 Å². The second-order valence-corrected chi connectivity index (χ2v) is 7.20. The van der Waals surface area contributed by atoms with E-state index in [0.717, 1.165) is 43.0 Å². The lowest BCUT2D eigenvalue weighted by molar-refractivity contribution is 0.228. The lowest BCUT2D eigenvalue weighted by Crippen LogP contribution is -2.18. The minimum Gasteiger partial charge on any atom is -0.486 e. The number of para-hydroxylation sites is 1. The molecule has 178 valence electrons. The van der Waals surface area contributed by atoms with Crippen molar-refractivity contribution < 1.29 is 9.47 Å². The molecule has 2 aliphatic carbocycles. The summed E-state index contributed by atoms with van der Waals surface area (Å²) in [6, 6.07) is 10.1. The van der Waals surface area contributed by atoms with E-state index in [4.69, 9.17) is 9.47 Å². The first-order valence-corrected chi connectivity index (χ1v) is 12.5. The SMILES string of the molecule is C=C/C=C(\C)OC1=CC=C(C2=CC(Oc3ccccc3)CCC2)CC1.CC.CC.CCC. The number of hydrogen-bond acceptors (Lipinski definition) is 2. The van der Waals surface area contributed by atoms with Crippen LogP contribution in [-0.4, -0.2) is 6.10 Å². The van der Waals surface area contributed by atoms with Crippen LogP contribution in [0.15, 0.2) is 90.0 Å². The van der Waals surface area contributed by atoms with Crippen molar-refractivity contribution in [1.29, 1.82) is 0 Å². The van der Waals surface area contributed by atoms with Gasteiger partial charge in [-0.25, -0.2) is 0 Å². The number of hydrogen-bond donors (Lipinski definition) is 0. The maximum Gasteiger partial charge on any atom is 0.120 e. The summed E-state index contributed by atoms with van der Waals surface area (Å²) in [5.41, 5.74) is 2.85. The van der Waals surface area contributed by atoms with Gasteiger partial charge < -0.3 is 9.47 Å². The van der Waals surface area contributed by atoms with Gasteiger partial charge in [-0.15, -0.1) is 0 Å². The lowest BCUT2D eigenvalue weighted by atomic mass is 9.88. The largest absolute Gasteiger partial charge is 0.486 e. The molecule has 0 saturated heterocycles. The third-order valence-corrected chi connectivity index (χ3v) is 4.52. The molecule has 0 aliphatic heterocycles. The molecule has 0 bridgehead atoms. The zero-order valence-corrected chi connectivity index (χ0v) is 21.6. The normalized spacial score (nSPS) is 17.3. The van der Waals surface area contributed by atoms with E-state index in [1.807, 2.05) is 71.0 Å². The molecule has 0 radical (unpaired) electrons. The van der Waals surface area contributed by atoms with Crippen LogP contribution in [0.25, 0.3) is 0 Å². The van der Waals surface area contributed by atoms with Gasteiger partial charge in [0.2, 0.25) is 0 Å². The lowest BCUT2D eigenvalue weighted by Gasteiger charge is -2.25. The third-order valence-electron chi connectivity index (χ3n) is 4.52. The van der Waals surface area contributed by atoms with Gasteiger partial charge >= 0.3 is 0 Å². The Balaban J connectivity index is 0.00000124. The molecule has 32 heavy (non-hydrogen) atoms. The Kier molecular flexibility index (Phi) is 17.7. The Morgan fingerprint density at radius 2 is 1.62 bits per heavy atom. The monoisotopic (exact) mass is 438 g/mol. The molecule has 2 aliphatic rings. The second-order valence-electron chi connectivity index (χ2n) is 7.20. The van der Waals surface area contributed by atoms with Gasteiger partial charge in [-0.1, -0.05) is 84.9 Å². The average molecular weight is 439 g/mol. The summed E-state index contributed by atoms with van der Waals surface area (Å²) in [5.74, 6) is 2.85. The summed E-state index contributed by atoms with van der Waals surface area (Å²) in [6.07, 6.45) is 17.0. The molecular weight excluding hydrogens is 392 g/mol. The zero-order valence-electron chi connectivity index (χ0n) is 21.6. The van der Waals surface area contributed by atoms with E-state index in [9.17, 15) is 0 Å². The Morgan fingerprint density at radius 3 is 2.19 bits per heavy atom. The number of ether oxygens (including phenoxy) is 2. The molecule has 0 aromatic heterocycles. The smallest absolute Gasteiger partial charge is 0.120 e. The van der Waals surface area contributed by atoms with Crippen LogP contribution < -0.4 is 4.74 Å². The Bertz CT molecular complexity index is 735. The number of benzene rings is 1. The van der Waals surface area contributed by atoms with E-state index in [2.05, 4.69) is 38.7 Å². The van der Waals surface area contributed by atoms with Gasteiger partial charge in [-0.3, -0.25) is 0 Å². The molecule has 0 spiro atoms. The van der Waals surface area contributed by atoms with Crippen molar-refractivity contribution in [3.8, 4) is 5.75 Å². The predicted octanol–water partition coefficient (Wildman–Crippen LogP) is 9.72. The first-order chi connectivity index (χ1) is 15.7. The molecule has 0 saturated carbocycles. The molecule has 0 fully saturated rings. The molecule has 1 atom stereocenters. The van der Waals surface area contributed by atoms with Gasteiger partial charge in [0.05, 0.1) is 0 Å². The number of rotatable bonds is 6. The molecule has 3 rings (SSSR count). The summed E-state index contributed by atoms with van der Waals surface area (Å²) < 4.78 is 11.9. The highest BCUT2D eigenvalue weighted by Crippen LogP contribution is 2.32. The molecule has 2 nitrogen and oxygen atoms in total. The van der Waals surface area contributed by atoms with Crippen LogP contribution in [0.2, 0.25) is 0 Å². The zero-order chi connectivity index (χ0) is 24.2. The van der Waals surface area contributed by atoms with Gasteiger partial charge in [0.25, 0.3) is 0 Å². The molecule has 2 heteroatoms. The highest BCUT2D eigenvalue weighted by molar-refractivity contribution is 5.39. The first-order valence-electron chi connectivity index (χ1n) is 12.5. The first kappa shape index (κ1) is 29.5. The van der Waals surface area contributed by atoms with Crippen molar-refractivity contribution in [1.82, 2.24) is 0 Å². The summed E-state index contributed by atoms with van der Waals surface area (Å²) in [6.45, 7) is 17.9. The fourth-order valence-corrected chi connectivity index (χ4v) is 3.30. The van der Waals surface area contributed by atoms with Gasteiger partial charge in [-0.05, 0) is 74.1 Å². The van der Waals surface area contributed by atoms with E-state index in [0.29, 0.717) is 0 Å². The fraction of sp³-hybridized carbons (Fsp3) is 0.467. The fourth-order valence-electron chi connectivity index (χ4n) is 3.30. The summed E-state index contributed by atoms with van der Waals surface area (Å²) in [5, 5.41) is 0. The van der Waals surface area contributed by atoms with E-state index in [-0.39, 0.29) is 6.10 Å². The van der Waals surface area contributed by atoms with E-state index in [1.165, 1.54) is 24.0 Å². The predicted molar refractivity (Wildman–Crippen MR) is 142 cm³/mol. The van der Waals surface area contributed by atoms with Gasteiger partial charge in [0.1, 0.15) is 23.4 Å². The Labute approximate surface area is 198 Å². The van der Waals surface area contributed by atoms with Crippen LogP contribution in [-0.2, 0) is 4.74 Å². The van der Waals surface area contributed by atoms with Gasteiger partial charge in [0.15, 0.2) is 0 Å². The minimum atomic E-state index is 0.173. The highest BCUT2D eigenvalue weighted by atomic mass is 16.5. The minimum absolute atomic E-state index is 0.173. The third kappa shape index (κ3) is 11.8. The highest BCUT2D eigenvalue weighted by Gasteiger charge is 2.19. The van der Waals surface area contributed by atoms with E-state index >= 15 is 0 Å². The van der Waals surface area contributed by atoms with Crippen LogP contribution in [0.1, 0.15) is 87.0 Å². The van der Waals surface area contributed by atoms with Gasteiger partial charge in [0, 0.05) is 6.42 Å². The number of allylic oxidation sites excluding steroid dienone is 8. The van der Waals surface area contributed by atoms with Crippen LogP contribution in [0.3, 0.4) is 0 Å². The maximum atomic E-state index is 6.12. The molecular formula is C30H46O2. The van der Waals surface area contributed by atoms with Crippen molar-refractivity contribution in [3.63, 3.8) is 0 Å². The quantitative estimate of drug-likeness (QED) is 0.325. The van der Waals surface area contributed by atoms with Crippen LogP contribution in [0.4, 0.5) is 0 Å². The molecule has 0 N–H and O–H groups in total. The average Bonchev–Trinajstić information content (AvgIpc) is 2.84. The topological polar surface area (TPSA) is 18.5 Å². The van der Waals surface area contributed by atoms with Crippen molar-refractivity contribution in [2.75, 3.05) is 0 Å². The summed E-state index contributed by atoms with van der Waals surface area (Å²) in [7, 11) is 0. The van der Waals surface area contributed by atoms with Gasteiger partial charge in [-0.2, -0.15) is 0 Å². The van der Waals surface area contributed by atoms with Crippen molar-refractivity contribution in [2.24, 2.45) is 0 Å². The van der Waals surface area contributed by atoms with Crippen LogP contribution in [0.5, 0.6) is 5.75 Å². The van der Waals surface area contributed by atoms with E-state index < -0.39 is 0 Å². The Hall–Kier alpha value is -2.48. The molecule has 1 unspecified atom stereocenters. The summed E-state index contributed by atoms with van der Waals surface area (Å²) in [4.78, 5) is 0. The second kappa shape index (κ2) is 19.2. The van der Waals surface area contributed by atoms with Crippen molar-refractivity contribution in [3.05, 3.63) is 90.0 Å². The van der Waals surface area contributed by atoms with Crippen LogP contribution in [0, 0.1) is 0 Å². The molecule has 0 heterocycles. The maximum absolute atomic E-state index is 6.12. The molecule has 0 amide bonds. The Morgan fingerprint density at radius 1 is 0.969 bits per heavy atom.